The Morgan fingerprint density at radius 3 is 2.68 bits per heavy atom. The molecule has 0 fully saturated rings. The highest BCUT2D eigenvalue weighted by atomic mass is 35.5. The normalized spacial score (nSPS) is 12.3. The molecule has 2 atom stereocenters. The van der Waals surface area contributed by atoms with Gasteiger partial charge < -0.3 is 10.8 Å². The number of nitrogens with zero attached hydrogens (tertiary/aromatic N) is 2. The van der Waals surface area contributed by atoms with Crippen molar-refractivity contribution in [3.8, 4) is 6.07 Å². The lowest BCUT2D eigenvalue weighted by Crippen LogP contribution is -2.26. The lowest BCUT2D eigenvalue weighted by Gasteiger charge is -2.20. The molecular formula is C16H17Cl3FN3OS. The number of aliphatic hydroxyl groups excluding tert-OH is 1. The van der Waals surface area contributed by atoms with Crippen molar-refractivity contribution in [1.82, 2.24) is 4.98 Å². The summed E-state index contributed by atoms with van der Waals surface area (Å²) in [5.74, 6) is -0.627. The van der Waals surface area contributed by atoms with Crippen molar-refractivity contribution in [1.29, 1.82) is 5.26 Å². The van der Waals surface area contributed by atoms with E-state index in [4.69, 9.17) is 17.3 Å². The Kier molecular flexibility index (Phi) is 11.0. The standard InChI is InChI=1S/C16H15ClFN3OS.2ClH/c17-13-6-16(11(7-19)4-14(13)18)23-15(5-12(20)9-22)10-2-1-3-21-8-10;;/h1-4,6,8,12,15,22H,5,9,20H2;2*1H/t12-,15+;;/m0../s1. The molecule has 2 rings (SSSR count). The molecule has 0 aliphatic heterocycles. The fourth-order valence-electron chi connectivity index (χ4n) is 2.03. The van der Waals surface area contributed by atoms with Crippen LogP contribution in [0.25, 0.3) is 0 Å². The summed E-state index contributed by atoms with van der Waals surface area (Å²) in [6.45, 7) is -0.146. The number of hydrogen-bond donors (Lipinski definition) is 2. The molecule has 0 spiro atoms. The Hall–Kier alpha value is -1.07. The van der Waals surface area contributed by atoms with Crippen molar-refractivity contribution in [2.24, 2.45) is 5.73 Å². The third-order valence-electron chi connectivity index (χ3n) is 3.22. The van der Waals surface area contributed by atoms with Crippen molar-refractivity contribution < 1.29 is 9.50 Å². The zero-order chi connectivity index (χ0) is 16.8. The van der Waals surface area contributed by atoms with E-state index in [2.05, 4.69) is 4.98 Å². The molecule has 1 heterocycles. The Morgan fingerprint density at radius 2 is 2.12 bits per heavy atom. The van der Waals surface area contributed by atoms with Gasteiger partial charge in [-0.25, -0.2) is 4.39 Å². The molecule has 136 valence electrons. The van der Waals surface area contributed by atoms with Crippen molar-refractivity contribution in [3.63, 3.8) is 0 Å². The molecule has 2 aromatic rings. The molecule has 1 aromatic carbocycles. The summed E-state index contributed by atoms with van der Waals surface area (Å²) in [6.07, 6.45) is 3.85. The van der Waals surface area contributed by atoms with Gasteiger partial charge in [0, 0.05) is 28.6 Å². The number of rotatable bonds is 6. The number of nitriles is 1. The minimum atomic E-state index is -0.627. The molecule has 9 heteroatoms. The minimum Gasteiger partial charge on any atom is -0.395 e. The van der Waals surface area contributed by atoms with E-state index in [9.17, 15) is 14.8 Å². The zero-order valence-corrected chi connectivity index (χ0v) is 16.1. The minimum absolute atomic E-state index is 0. The maximum absolute atomic E-state index is 13.5. The second-order valence-corrected chi connectivity index (χ2v) is 6.60. The van der Waals surface area contributed by atoms with Crippen LogP contribution in [0.15, 0.2) is 41.6 Å². The molecule has 4 nitrogen and oxygen atoms in total. The molecule has 0 radical (unpaired) electrons. The number of halogens is 4. The highest BCUT2D eigenvalue weighted by Gasteiger charge is 2.20. The first-order valence-corrected chi connectivity index (χ1v) is 8.13. The summed E-state index contributed by atoms with van der Waals surface area (Å²) in [6, 6.07) is 7.82. The first-order chi connectivity index (χ1) is 11.0. The van der Waals surface area contributed by atoms with Gasteiger partial charge in [0.05, 0.1) is 17.2 Å². The number of benzene rings is 1. The lowest BCUT2D eigenvalue weighted by atomic mass is 10.1. The first kappa shape index (κ1) is 23.9. The van der Waals surface area contributed by atoms with E-state index < -0.39 is 11.9 Å². The van der Waals surface area contributed by atoms with E-state index in [1.807, 2.05) is 12.1 Å². The fraction of sp³-hybridized carbons (Fsp3) is 0.250. The lowest BCUT2D eigenvalue weighted by molar-refractivity contribution is 0.259. The highest BCUT2D eigenvalue weighted by Crippen LogP contribution is 2.40. The topological polar surface area (TPSA) is 82.9 Å². The largest absolute Gasteiger partial charge is 0.395 e. The monoisotopic (exact) mass is 423 g/mol. The summed E-state index contributed by atoms with van der Waals surface area (Å²) in [5.41, 5.74) is 6.97. The number of thioether (sulfide) groups is 1. The fourth-order valence-corrected chi connectivity index (χ4v) is 3.61. The van der Waals surface area contributed by atoms with Gasteiger partial charge in [0.2, 0.25) is 0 Å². The molecule has 0 amide bonds. The second-order valence-electron chi connectivity index (χ2n) is 4.95. The number of pyridine rings is 1. The molecule has 25 heavy (non-hydrogen) atoms. The third-order valence-corrected chi connectivity index (χ3v) is 4.85. The molecular weight excluding hydrogens is 408 g/mol. The summed E-state index contributed by atoms with van der Waals surface area (Å²) in [7, 11) is 0. The van der Waals surface area contributed by atoms with E-state index in [-0.39, 0.29) is 47.3 Å². The number of aliphatic hydroxyl groups is 1. The van der Waals surface area contributed by atoms with Crippen LogP contribution in [0, 0.1) is 17.1 Å². The van der Waals surface area contributed by atoms with Crippen LogP contribution in [-0.2, 0) is 0 Å². The van der Waals surface area contributed by atoms with Crippen LogP contribution in [0.2, 0.25) is 5.02 Å². The molecule has 0 unspecified atom stereocenters. The van der Waals surface area contributed by atoms with Crippen LogP contribution in [0.3, 0.4) is 0 Å². The van der Waals surface area contributed by atoms with E-state index in [1.54, 1.807) is 18.5 Å². The highest BCUT2D eigenvalue weighted by molar-refractivity contribution is 7.99. The van der Waals surface area contributed by atoms with Crippen molar-refractivity contribution in [2.75, 3.05) is 6.61 Å². The average molecular weight is 425 g/mol. The Labute approximate surface area is 167 Å². The van der Waals surface area contributed by atoms with Crippen LogP contribution < -0.4 is 5.73 Å². The molecule has 0 bridgehead atoms. The van der Waals surface area contributed by atoms with Crippen LogP contribution in [0.4, 0.5) is 4.39 Å². The van der Waals surface area contributed by atoms with Gasteiger partial charge in [0.1, 0.15) is 11.9 Å². The Bertz CT molecular complexity index is 716. The SMILES string of the molecule is Cl.Cl.N#Cc1cc(F)c(Cl)cc1S[C@H](C[C@H](N)CO)c1cccnc1. The van der Waals surface area contributed by atoms with Crippen molar-refractivity contribution >= 4 is 48.2 Å². The molecule has 0 aliphatic carbocycles. The van der Waals surface area contributed by atoms with Crippen LogP contribution in [0.5, 0.6) is 0 Å². The molecule has 0 saturated heterocycles. The Morgan fingerprint density at radius 1 is 1.40 bits per heavy atom. The van der Waals surface area contributed by atoms with Crippen molar-refractivity contribution in [3.05, 3.63) is 58.6 Å². The van der Waals surface area contributed by atoms with Crippen LogP contribution in [-0.4, -0.2) is 22.7 Å². The molecule has 3 N–H and O–H groups in total. The maximum atomic E-state index is 13.5. The quantitative estimate of drug-likeness (QED) is 0.681. The number of aromatic nitrogens is 1. The van der Waals surface area contributed by atoms with E-state index in [1.165, 1.54) is 17.8 Å². The molecule has 1 aromatic heterocycles. The third kappa shape index (κ3) is 6.63. The van der Waals surface area contributed by atoms with Crippen molar-refractivity contribution in [2.45, 2.75) is 22.6 Å². The molecule has 0 aliphatic rings. The summed E-state index contributed by atoms with van der Waals surface area (Å²) >= 11 is 7.19. The van der Waals surface area contributed by atoms with Gasteiger partial charge >= 0.3 is 0 Å². The Balaban J connectivity index is 0.00000288. The summed E-state index contributed by atoms with van der Waals surface area (Å²) < 4.78 is 13.5. The predicted octanol–water partition coefficient (Wildman–Crippen LogP) is 4.13. The summed E-state index contributed by atoms with van der Waals surface area (Å²) in [4.78, 5) is 4.65. The number of nitrogens with two attached hydrogens (primary N) is 1. The van der Waals surface area contributed by atoms with Gasteiger partial charge in [-0.3, -0.25) is 4.98 Å². The maximum Gasteiger partial charge on any atom is 0.143 e. The predicted molar refractivity (Wildman–Crippen MR) is 103 cm³/mol. The molecule has 0 saturated carbocycles. The van der Waals surface area contributed by atoms with E-state index in [0.29, 0.717) is 11.3 Å². The van der Waals surface area contributed by atoms with Gasteiger partial charge in [0.15, 0.2) is 0 Å². The van der Waals surface area contributed by atoms with Gasteiger partial charge in [-0.2, -0.15) is 5.26 Å². The van der Waals surface area contributed by atoms with E-state index >= 15 is 0 Å². The van der Waals surface area contributed by atoms with E-state index in [0.717, 1.165) is 11.6 Å². The average Bonchev–Trinajstić information content (AvgIpc) is 2.57. The second kappa shape index (κ2) is 11.5. The smallest absolute Gasteiger partial charge is 0.143 e. The zero-order valence-electron chi connectivity index (χ0n) is 12.9. The van der Waals surface area contributed by atoms with Gasteiger partial charge in [-0.05, 0) is 30.2 Å². The number of hydrogen-bond acceptors (Lipinski definition) is 5. The van der Waals surface area contributed by atoms with Gasteiger partial charge in [0.25, 0.3) is 0 Å². The first-order valence-electron chi connectivity index (χ1n) is 6.87. The van der Waals surface area contributed by atoms with Gasteiger partial charge in [-0.1, -0.05) is 17.7 Å². The van der Waals surface area contributed by atoms with Crippen LogP contribution >= 0.6 is 48.2 Å². The summed E-state index contributed by atoms with van der Waals surface area (Å²) in [5, 5.41) is 18.2. The van der Waals surface area contributed by atoms with Gasteiger partial charge in [-0.15, -0.1) is 36.6 Å². The van der Waals surface area contributed by atoms with Crippen LogP contribution in [0.1, 0.15) is 22.8 Å².